The highest BCUT2D eigenvalue weighted by molar-refractivity contribution is 7.89. The van der Waals surface area contributed by atoms with Gasteiger partial charge in [0.05, 0.1) is 24.0 Å². The molecule has 2 aliphatic heterocycles. The number of methoxy groups -OCH3 is 1. The van der Waals surface area contributed by atoms with Gasteiger partial charge in [-0.15, -0.1) is 0 Å². The zero-order valence-corrected chi connectivity index (χ0v) is 12.7. The maximum Gasteiger partial charge on any atom is 0.335 e. The maximum absolute atomic E-state index is 12.5. The van der Waals surface area contributed by atoms with Crippen LogP contribution in [0.25, 0.3) is 0 Å². The number of carbonyl (C=O) groups excluding carboxylic acids is 1. The lowest BCUT2D eigenvalue weighted by Crippen LogP contribution is -2.73. The van der Waals surface area contributed by atoms with Gasteiger partial charge in [-0.3, -0.25) is 0 Å². The van der Waals surface area contributed by atoms with Crippen LogP contribution in [0.4, 0.5) is 0 Å². The highest BCUT2D eigenvalue weighted by Crippen LogP contribution is 2.45. The van der Waals surface area contributed by atoms with Crippen LogP contribution in [0.2, 0.25) is 0 Å². The minimum absolute atomic E-state index is 0.276. The van der Waals surface area contributed by atoms with Crippen molar-refractivity contribution in [2.75, 3.05) is 26.8 Å². The number of ether oxygens (including phenoxy) is 2. The number of nitrogens with zero attached hydrogens (tertiary/aromatic N) is 1. The minimum atomic E-state index is -3.50. The summed E-state index contributed by atoms with van der Waals surface area (Å²) >= 11 is 0. The predicted octanol–water partition coefficient (Wildman–Crippen LogP) is 0.558. The molecule has 7 heteroatoms. The second-order valence-electron chi connectivity index (χ2n) is 5.66. The summed E-state index contributed by atoms with van der Waals surface area (Å²) < 4.78 is 36.2. The van der Waals surface area contributed by atoms with Gasteiger partial charge < -0.3 is 9.47 Å². The highest BCUT2D eigenvalue weighted by atomic mass is 32.2. The third kappa shape index (κ3) is 2.16. The molecule has 0 amide bonds. The Bertz CT molecular complexity index is 661. The van der Waals surface area contributed by atoms with E-state index in [1.165, 1.54) is 11.4 Å². The van der Waals surface area contributed by atoms with Crippen molar-refractivity contribution in [3.05, 3.63) is 29.8 Å². The zero-order valence-electron chi connectivity index (χ0n) is 11.9. The van der Waals surface area contributed by atoms with E-state index in [2.05, 4.69) is 4.74 Å². The summed E-state index contributed by atoms with van der Waals surface area (Å²) in [5.41, 5.74) is 0.595. The molecule has 0 radical (unpaired) electrons. The fourth-order valence-corrected chi connectivity index (χ4v) is 4.40. The van der Waals surface area contributed by atoms with E-state index in [0.29, 0.717) is 19.7 Å². The van der Waals surface area contributed by atoms with Crippen LogP contribution in [-0.2, 0) is 24.3 Å². The smallest absolute Gasteiger partial charge is 0.335 e. The molecule has 2 heterocycles. The van der Waals surface area contributed by atoms with E-state index in [1.54, 1.807) is 24.3 Å². The van der Waals surface area contributed by atoms with Gasteiger partial charge in [-0.25, -0.2) is 13.2 Å². The first-order valence-electron chi connectivity index (χ1n) is 6.65. The van der Waals surface area contributed by atoms with Gasteiger partial charge in [-0.1, -0.05) is 17.7 Å². The molecule has 21 heavy (non-hydrogen) atoms. The molecule has 0 aromatic heterocycles. The van der Waals surface area contributed by atoms with Crippen LogP contribution in [0.5, 0.6) is 0 Å². The van der Waals surface area contributed by atoms with E-state index < -0.39 is 27.5 Å². The molecule has 0 N–H and O–H groups in total. The molecule has 6 nitrogen and oxygen atoms in total. The Morgan fingerprint density at radius 2 is 1.95 bits per heavy atom. The molecule has 0 saturated carbocycles. The number of esters is 1. The topological polar surface area (TPSA) is 72.9 Å². The molecule has 0 bridgehead atoms. The summed E-state index contributed by atoms with van der Waals surface area (Å²) in [6.45, 7) is 2.89. The Labute approximate surface area is 123 Å². The molecule has 1 aromatic rings. The molecule has 0 aliphatic carbocycles. The first kappa shape index (κ1) is 14.5. The van der Waals surface area contributed by atoms with E-state index in [1.807, 2.05) is 6.92 Å². The van der Waals surface area contributed by atoms with Crippen LogP contribution in [0.15, 0.2) is 29.2 Å². The SMILES string of the molecule is COC(=O)C1OCC12CN(S(=O)(=O)c1ccc(C)cc1)C2. The molecule has 1 unspecified atom stereocenters. The number of sulfonamides is 1. The summed E-state index contributed by atoms with van der Waals surface area (Å²) in [5.74, 6) is -0.436. The van der Waals surface area contributed by atoms with Gasteiger partial charge in [-0.2, -0.15) is 4.31 Å². The number of carbonyl (C=O) groups is 1. The zero-order chi connectivity index (χ0) is 15.3. The third-order valence-electron chi connectivity index (χ3n) is 4.15. The molecule has 114 valence electrons. The van der Waals surface area contributed by atoms with Gasteiger partial charge in [0.15, 0.2) is 6.10 Å². The number of hydrogen-bond acceptors (Lipinski definition) is 5. The lowest BCUT2D eigenvalue weighted by atomic mass is 9.73. The van der Waals surface area contributed by atoms with Gasteiger partial charge in [0.2, 0.25) is 10.0 Å². The molecule has 2 aliphatic rings. The van der Waals surface area contributed by atoms with E-state index >= 15 is 0 Å². The molecule has 2 saturated heterocycles. The molecule has 1 aromatic carbocycles. The van der Waals surface area contributed by atoms with Crippen molar-refractivity contribution in [2.24, 2.45) is 5.41 Å². The molecule has 1 atom stereocenters. The van der Waals surface area contributed by atoms with Crippen LogP contribution >= 0.6 is 0 Å². The normalized spacial score (nSPS) is 24.2. The second-order valence-corrected chi connectivity index (χ2v) is 7.60. The standard InChI is InChI=1S/C14H17NO5S/c1-10-3-5-11(6-4-10)21(17,18)15-7-14(8-15)9-20-12(14)13(16)19-2/h3-6,12H,7-9H2,1-2H3. The first-order chi connectivity index (χ1) is 9.89. The van der Waals surface area contributed by atoms with Gasteiger partial charge in [0.25, 0.3) is 0 Å². The third-order valence-corrected chi connectivity index (χ3v) is 5.96. The van der Waals surface area contributed by atoms with E-state index in [4.69, 9.17) is 4.74 Å². The quantitative estimate of drug-likeness (QED) is 0.763. The van der Waals surface area contributed by atoms with Crippen LogP contribution in [0.3, 0.4) is 0 Å². The average molecular weight is 311 g/mol. The van der Waals surface area contributed by atoms with Gasteiger partial charge in [-0.05, 0) is 19.1 Å². The van der Waals surface area contributed by atoms with Crippen molar-refractivity contribution in [3.63, 3.8) is 0 Å². The number of rotatable bonds is 3. The highest BCUT2D eigenvalue weighted by Gasteiger charge is 2.62. The van der Waals surface area contributed by atoms with Crippen LogP contribution < -0.4 is 0 Å². The average Bonchev–Trinajstić information content (AvgIpc) is 2.36. The second kappa shape index (κ2) is 4.79. The van der Waals surface area contributed by atoms with Crippen molar-refractivity contribution in [1.82, 2.24) is 4.31 Å². The molecular weight excluding hydrogens is 294 g/mol. The van der Waals surface area contributed by atoms with Crippen molar-refractivity contribution >= 4 is 16.0 Å². The monoisotopic (exact) mass is 311 g/mol. The van der Waals surface area contributed by atoms with Gasteiger partial charge in [0, 0.05) is 13.1 Å². The molecular formula is C14H17NO5S. The largest absolute Gasteiger partial charge is 0.467 e. The molecule has 2 fully saturated rings. The Morgan fingerprint density at radius 1 is 1.33 bits per heavy atom. The van der Waals surface area contributed by atoms with Crippen molar-refractivity contribution in [1.29, 1.82) is 0 Å². The fraction of sp³-hybridized carbons (Fsp3) is 0.500. The maximum atomic E-state index is 12.5. The predicted molar refractivity (Wildman–Crippen MR) is 74.1 cm³/mol. The first-order valence-corrected chi connectivity index (χ1v) is 8.09. The van der Waals surface area contributed by atoms with E-state index in [9.17, 15) is 13.2 Å². The summed E-state index contributed by atoms with van der Waals surface area (Å²) in [7, 11) is -2.19. The van der Waals surface area contributed by atoms with Crippen LogP contribution in [0, 0.1) is 12.3 Å². The Balaban J connectivity index is 1.74. The number of hydrogen-bond donors (Lipinski definition) is 0. The van der Waals surface area contributed by atoms with Gasteiger partial charge >= 0.3 is 5.97 Å². The van der Waals surface area contributed by atoms with Crippen LogP contribution in [-0.4, -0.2) is 51.6 Å². The van der Waals surface area contributed by atoms with Crippen molar-refractivity contribution < 1.29 is 22.7 Å². The Kier molecular flexibility index (Phi) is 3.31. The summed E-state index contributed by atoms with van der Waals surface area (Å²) in [4.78, 5) is 11.8. The lowest BCUT2D eigenvalue weighted by molar-refractivity contribution is -0.238. The number of aryl methyl sites for hydroxylation is 1. The van der Waals surface area contributed by atoms with Crippen LogP contribution in [0.1, 0.15) is 5.56 Å². The van der Waals surface area contributed by atoms with Crippen molar-refractivity contribution in [2.45, 2.75) is 17.9 Å². The number of benzene rings is 1. The Hall–Kier alpha value is -1.44. The lowest BCUT2D eigenvalue weighted by Gasteiger charge is -2.57. The van der Waals surface area contributed by atoms with Crippen molar-refractivity contribution in [3.8, 4) is 0 Å². The van der Waals surface area contributed by atoms with E-state index in [0.717, 1.165) is 5.56 Å². The molecule has 1 spiro atoms. The van der Waals surface area contributed by atoms with E-state index in [-0.39, 0.29) is 4.90 Å². The fourth-order valence-electron chi connectivity index (χ4n) is 2.77. The van der Waals surface area contributed by atoms with Gasteiger partial charge in [0.1, 0.15) is 0 Å². The summed E-state index contributed by atoms with van der Waals surface area (Å²) in [6.07, 6.45) is -0.646. The summed E-state index contributed by atoms with van der Waals surface area (Å²) in [6, 6.07) is 6.74. The Morgan fingerprint density at radius 3 is 2.43 bits per heavy atom. The summed E-state index contributed by atoms with van der Waals surface area (Å²) in [5, 5.41) is 0. The minimum Gasteiger partial charge on any atom is -0.467 e. The molecule has 3 rings (SSSR count).